The van der Waals surface area contributed by atoms with Crippen molar-refractivity contribution < 1.29 is 36.1 Å². The van der Waals surface area contributed by atoms with Gasteiger partial charge in [0, 0.05) is 5.02 Å². The van der Waals surface area contributed by atoms with Crippen molar-refractivity contribution in [3.05, 3.63) is 88.7 Å². The lowest BCUT2D eigenvalue weighted by Crippen LogP contribution is -2.54. The van der Waals surface area contributed by atoms with Crippen molar-refractivity contribution >= 4 is 51.3 Å². The van der Waals surface area contributed by atoms with Gasteiger partial charge in [-0.25, -0.2) is 14.1 Å². The summed E-state index contributed by atoms with van der Waals surface area (Å²) in [6, 6.07) is 13.0. The first-order valence-corrected chi connectivity index (χ1v) is 11.9. The number of imide groups is 2. The molecule has 1 aliphatic heterocycles. The van der Waals surface area contributed by atoms with Crippen LogP contribution in [0, 0.1) is 5.82 Å². The van der Waals surface area contributed by atoms with Crippen LogP contribution in [0.2, 0.25) is 5.02 Å². The molecule has 0 atom stereocenters. The highest BCUT2D eigenvalue weighted by Crippen LogP contribution is 2.32. The lowest BCUT2D eigenvalue weighted by Gasteiger charge is -2.26. The number of halogens is 2. The van der Waals surface area contributed by atoms with Crippen LogP contribution >= 0.6 is 11.6 Å². The summed E-state index contributed by atoms with van der Waals surface area (Å²) in [7, 11) is -2.93. The normalized spacial score (nSPS) is 15.1. The standard InChI is InChI=1S/C24H16ClFN2O7S/c1-34-21-13-14(2-11-20(21)35-36(32,33)18-9-3-15(25)4-10-18)12-19-22(29)27-24(31)28(23(19)30)17-7-5-16(26)6-8-17/h2-13H,1H3,(H,27,29,31)/b19-12+. The number of urea groups is 1. The molecule has 4 rings (SSSR count). The maximum absolute atomic E-state index is 13.3. The van der Waals surface area contributed by atoms with Gasteiger partial charge in [-0.05, 0) is 72.3 Å². The van der Waals surface area contributed by atoms with E-state index in [-0.39, 0.29) is 33.2 Å². The summed E-state index contributed by atoms with van der Waals surface area (Å²) < 4.78 is 48.9. The predicted octanol–water partition coefficient (Wildman–Crippen LogP) is 3.92. The number of hydrogen-bond acceptors (Lipinski definition) is 7. The Morgan fingerprint density at radius 1 is 0.944 bits per heavy atom. The van der Waals surface area contributed by atoms with Gasteiger partial charge < -0.3 is 8.92 Å². The summed E-state index contributed by atoms with van der Waals surface area (Å²) in [5.41, 5.74) is -0.0514. The molecule has 0 bridgehead atoms. The molecule has 1 aliphatic rings. The van der Waals surface area contributed by atoms with Gasteiger partial charge in [0.1, 0.15) is 16.3 Å². The van der Waals surface area contributed by atoms with Gasteiger partial charge in [0.25, 0.3) is 11.8 Å². The Labute approximate surface area is 209 Å². The lowest BCUT2D eigenvalue weighted by atomic mass is 10.1. The van der Waals surface area contributed by atoms with E-state index in [1.807, 2.05) is 0 Å². The third-order valence-electron chi connectivity index (χ3n) is 4.99. The van der Waals surface area contributed by atoms with E-state index in [0.29, 0.717) is 9.92 Å². The first-order chi connectivity index (χ1) is 17.1. The number of anilines is 1. The van der Waals surface area contributed by atoms with Crippen molar-refractivity contribution in [2.75, 3.05) is 12.0 Å². The van der Waals surface area contributed by atoms with Crippen LogP contribution in [0.15, 0.2) is 77.2 Å². The second kappa shape index (κ2) is 9.80. The van der Waals surface area contributed by atoms with E-state index in [1.165, 1.54) is 67.8 Å². The van der Waals surface area contributed by atoms with E-state index in [1.54, 1.807) is 0 Å². The van der Waals surface area contributed by atoms with E-state index < -0.39 is 33.8 Å². The summed E-state index contributed by atoms with van der Waals surface area (Å²) in [5.74, 6) is -2.58. The molecule has 1 fully saturated rings. The summed E-state index contributed by atoms with van der Waals surface area (Å²) in [6.45, 7) is 0. The van der Waals surface area contributed by atoms with Gasteiger partial charge in [0.2, 0.25) is 0 Å². The van der Waals surface area contributed by atoms with Gasteiger partial charge in [-0.15, -0.1) is 0 Å². The summed E-state index contributed by atoms with van der Waals surface area (Å²) >= 11 is 5.80. The highest BCUT2D eigenvalue weighted by Gasteiger charge is 2.36. The maximum atomic E-state index is 13.3. The van der Waals surface area contributed by atoms with Crippen LogP contribution in [0.5, 0.6) is 11.5 Å². The molecule has 12 heteroatoms. The minimum Gasteiger partial charge on any atom is -0.493 e. The van der Waals surface area contributed by atoms with E-state index in [4.69, 9.17) is 20.5 Å². The van der Waals surface area contributed by atoms with Crippen LogP contribution in [0.3, 0.4) is 0 Å². The lowest BCUT2D eigenvalue weighted by molar-refractivity contribution is -0.122. The van der Waals surface area contributed by atoms with E-state index in [9.17, 15) is 27.2 Å². The molecule has 36 heavy (non-hydrogen) atoms. The van der Waals surface area contributed by atoms with Crippen molar-refractivity contribution in [3.8, 4) is 11.5 Å². The van der Waals surface area contributed by atoms with Crippen molar-refractivity contribution in [1.82, 2.24) is 5.32 Å². The molecule has 0 aliphatic carbocycles. The van der Waals surface area contributed by atoms with E-state index in [0.717, 1.165) is 12.1 Å². The predicted molar refractivity (Wildman–Crippen MR) is 128 cm³/mol. The Bertz CT molecular complexity index is 1500. The molecule has 184 valence electrons. The molecule has 0 aromatic heterocycles. The van der Waals surface area contributed by atoms with E-state index >= 15 is 0 Å². The van der Waals surface area contributed by atoms with E-state index in [2.05, 4.69) is 5.32 Å². The smallest absolute Gasteiger partial charge is 0.339 e. The number of carbonyl (C=O) groups excluding carboxylic acids is 3. The highest BCUT2D eigenvalue weighted by molar-refractivity contribution is 7.87. The summed E-state index contributed by atoms with van der Waals surface area (Å²) in [4.78, 5) is 38.2. The Kier molecular flexibility index (Phi) is 6.77. The van der Waals surface area contributed by atoms with Crippen LogP contribution in [-0.4, -0.2) is 33.4 Å². The maximum Gasteiger partial charge on any atom is 0.339 e. The van der Waals surface area contributed by atoms with Crippen LogP contribution in [0.1, 0.15) is 5.56 Å². The zero-order chi connectivity index (χ0) is 26.0. The Balaban J connectivity index is 1.64. The van der Waals surface area contributed by atoms with Crippen molar-refractivity contribution in [1.29, 1.82) is 0 Å². The molecule has 4 amide bonds. The van der Waals surface area contributed by atoms with Crippen LogP contribution < -0.4 is 19.1 Å². The zero-order valence-electron chi connectivity index (χ0n) is 18.4. The molecule has 3 aromatic rings. The average Bonchev–Trinajstić information content (AvgIpc) is 2.83. The second-order valence-electron chi connectivity index (χ2n) is 7.34. The molecule has 1 heterocycles. The third-order valence-corrected chi connectivity index (χ3v) is 6.49. The molecule has 0 spiro atoms. The number of rotatable bonds is 6. The van der Waals surface area contributed by atoms with Crippen molar-refractivity contribution in [2.45, 2.75) is 4.90 Å². The number of amides is 4. The SMILES string of the molecule is COc1cc(/C=C2\C(=O)NC(=O)N(c3ccc(F)cc3)C2=O)ccc1OS(=O)(=O)c1ccc(Cl)cc1. The highest BCUT2D eigenvalue weighted by atomic mass is 35.5. The number of nitrogens with zero attached hydrogens (tertiary/aromatic N) is 1. The van der Waals surface area contributed by atoms with Crippen LogP contribution in [-0.2, 0) is 19.7 Å². The fourth-order valence-electron chi connectivity index (χ4n) is 3.26. The topological polar surface area (TPSA) is 119 Å². The molecule has 0 radical (unpaired) electrons. The number of barbiturate groups is 1. The zero-order valence-corrected chi connectivity index (χ0v) is 20.0. The first kappa shape index (κ1) is 24.9. The minimum atomic E-state index is -4.21. The Morgan fingerprint density at radius 2 is 1.61 bits per heavy atom. The molecule has 1 N–H and O–H groups in total. The van der Waals surface area contributed by atoms with Crippen molar-refractivity contribution in [3.63, 3.8) is 0 Å². The fraction of sp³-hybridized carbons (Fsp3) is 0.0417. The average molecular weight is 531 g/mol. The quantitative estimate of drug-likeness (QED) is 0.291. The largest absolute Gasteiger partial charge is 0.493 e. The Hall–Kier alpha value is -4.22. The Morgan fingerprint density at radius 3 is 2.25 bits per heavy atom. The minimum absolute atomic E-state index is 0.00276. The molecular formula is C24H16ClFN2O7S. The summed E-state index contributed by atoms with van der Waals surface area (Å²) in [6.07, 6.45) is 1.20. The van der Waals surface area contributed by atoms with Gasteiger partial charge in [0.05, 0.1) is 12.8 Å². The second-order valence-corrected chi connectivity index (χ2v) is 9.32. The first-order valence-electron chi connectivity index (χ1n) is 10.1. The molecule has 1 saturated heterocycles. The van der Waals surface area contributed by atoms with Gasteiger partial charge in [-0.3, -0.25) is 14.9 Å². The monoisotopic (exact) mass is 530 g/mol. The molecule has 0 unspecified atom stereocenters. The fourth-order valence-corrected chi connectivity index (χ4v) is 4.32. The van der Waals surface area contributed by atoms with Crippen LogP contribution in [0.4, 0.5) is 14.9 Å². The molecule has 3 aromatic carbocycles. The molecular weight excluding hydrogens is 515 g/mol. The van der Waals surface area contributed by atoms with Crippen LogP contribution in [0.25, 0.3) is 6.08 Å². The van der Waals surface area contributed by atoms with Gasteiger partial charge >= 0.3 is 16.1 Å². The number of nitrogens with one attached hydrogen (secondary N) is 1. The van der Waals surface area contributed by atoms with Crippen molar-refractivity contribution in [2.24, 2.45) is 0 Å². The van der Waals surface area contributed by atoms with Gasteiger partial charge in [-0.2, -0.15) is 8.42 Å². The number of methoxy groups -OCH3 is 1. The number of benzene rings is 3. The summed E-state index contributed by atoms with van der Waals surface area (Å²) in [5, 5.41) is 2.41. The van der Waals surface area contributed by atoms with Gasteiger partial charge in [-0.1, -0.05) is 17.7 Å². The number of hydrogen-bond donors (Lipinski definition) is 1. The third kappa shape index (κ3) is 5.07. The number of ether oxygens (including phenoxy) is 1. The molecule has 0 saturated carbocycles. The molecule has 9 nitrogen and oxygen atoms in total. The van der Waals surface area contributed by atoms with Gasteiger partial charge in [0.15, 0.2) is 11.5 Å². The number of carbonyl (C=O) groups is 3.